The van der Waals surface area contributed by atoms with Gasteiger partial charge in [-0.1, -0.05) is 19.1 Å². The van der Waals surface area contributed by atoms with E-state index in [9.17, 15) is 13.2 Å². The number of rotatable bonds is 6. The smallest absolute Gasteiger partial charge is 0.419 e. The van der Waals surface area contributed by atoms with Crippen molar-refractivity contribution in [2.45, 2.75) is 45.5 Å². The van der Waals surface area contributed by atoms with Crippen LogP contribution in [0.5, 0.6) is 5.75 Å². The van der Waals surface area contributed by atoms with E-state index in [2.05, 4.69) is 10.3 Å². The third-order valence-corrected chi connectivity index (χ3v) is 2.84. The number of para-hydroxylation sites is 1. The van der Waals surface area contributed by atoms with Crippen LogP contribution in [0.15, 0.2) is 29.3 Å². The number of nitrogens with zero attached hydrogens (tertiary/aromatic N) is 1. The molecule has 0 aromatic heterocycles. The van der Waals surface area contributed by atoms with Gasteiger partial charge in [0.1, 0.15) is 11.9 Å². The zero-order valence-electron chi connectivity index (χ0n) is 12.9. The van der Waals surface area contributed by atoms with Gasteiger partial charge in [-0.3, -0.25) is 0 Å². The molecule has 0 aliphatic rings. The summed E-state index contributed by atoms with van der Waals surface area (Å²) in [6.07, 6.45) is -4.41. The number of benzene rings is 1. The third-order valence-electron chi connectivity index (χ3n) is 2.84. The first-order chi connectivity index (χ1) is 10.2. The molecule has 0 saturated heterocycles. The number of guanidine groups is 1. The van der Waals surface area contributed by atoms with E-state index >= 15 is 0 Å². The number of aliphatic imine (C=N–C) groups is 1. The Labute approximate surface area is 128 Å². The number of halogens is 3. The summed E-state index contributed by atoms with van der Waals surface area (Å²) in [6.45, 7) is 5.84. The molecule has 0 aliphatic carbocycles. The lowest BCUT2D eigenvalue weighted by Crippen LogP contribution is -2.37. The summed E-state index contributed by atoms with van der Waals surface area (Å²) in [6, 6.07) is 5.29. The van der Waals surface area contributed by atoms with Gasteiger partial charge in [0.25, 0.3) is 0 Å². The van der Waals surface area contributed by atoms with Gasteiger partial charge in [-0.2, -0.15) is 13.2 Å². The maximum absolute atomic E-state index is 12.9. The Morgan fingerprint density at radius 2 is 1.95 bits per heavy atom. The number of alkyl halides is 3. The van der Waals surface area contributed by atoms with Crippen molar-refractivity contribution in [1.82, 2.24) is 5.32 Å². The van der Waals surface area contributed by atoms with Crippen LogP contribution in [0.25, 0.3) is 0 Å². The van der Waals surface area contributed by atoms with Crippen molar-refractivity contribution in [1.29, 1.82) is 0 Å². The van der Waals surface area contributed by atoms with E-state index in [4.69, 9.17) is 10.5 Å². The van der Waals surface area contributed by atoms with Crippen molar-refractivity contribution >= 4 is 5.96 Å². The molecular weight excluding hydrogens is 295 g/mol. The zero-order valence-corrected chi connectivity index (χ0v) is 12.9. The van der Waals surface area contributed by atoms with Crippen LogP contribution in [0, 0.1) is 0 Å². The highest BCUT2D eigenvalue weighted by atomic mass is 19.4. The van der Waals surface area contributed by atoms with Crippen molar-refractivity contribution in [3.05, 3.63) is 29.8 Å². The van der Waals surface area contributed by atoms with Gasteiger partial charge in [-0.25, -0.2) is 4.99 Å². The molecule has 1 unspecified atom stereocenters. The summed E-state index contributed by atoms with van der Waals surface area (Å²) in [7, 11) is 0. The summed E-state index contributed by atoms with van der Waals surface area (Å²) in [5, 5.41) is 2.91. The van der Waals surface area contributed by atoms with Gasteiger partial charge in [0.05, 0.1) is 12.1 Å². The maximum atomic E-state index is 12.9. The summed E-state index contributed by atoms with van der Waals surface area (Å²) in [5.41, 5.74) is 4.89. The van der Waals surface area contributed by atoms with E-state index in [0.29, 0.717) is 6.42 Å². The van der Waals surface area contributed by atoms with E-state index in [1.54, 1.807) is 0 Å². The SMILES string of the molecule is CCC(CN=C(N)NC(C)C)Oc1ccccc1C(F)(F)F. The fraction of sp³-hybridized carbons (Fsp3) is 0.533. The Hall–Kier alpha value is -1.92. The van der Waals surface area contributed by atoms with Gasteiger partial charge in [0, 0.05) is 6.04 Å². The van der Waals surface area contributed by atoms with E-state index < -0.39 is 17.8 Å². The Bertz CT molecular complexity index is 501. The predicted octanol–water partition coefficient (Wildman–Crippen LogP) is 3.18. The molecule has 4 nitrogen and oxygen atoms in total. The first-order valence-corrected chi connectivity index (χ1v) is 7.13. The lowest BCUT2D eigenvalue weighted by atomic mass is 10.2. The summed E-state index contributed by atoms with van der Waals surface area (Å²) in [4.78, 5) is 4.10. The normalized spacial score (nSPS) is 14.0. The molecule has 0 saturated carbocycles. The van der Waals surface area contributed by atoms with Gasteiger partial charge in [0.15, 0.2) is 5.96 Å². The highest BCUT2D eigenvalue weighted by molar-refractivity contribution is 5.78. The molecular formula is C15H22F3N3O. The van der Waals surface area contributed by atoms with Gasteiger partial charge >= 0.3 is 6.18 Å². The van der Waals surface area contributed by atoms with Crippen LogP contribution in [-0.4, -0.2) is 24.7 Å². The van der Waals surface area contributed by atoms with Crippen LogP contribution in [0.1, 0.15) is 32.8 Å². The van der Waals surface area contributed by atoms with Crippen LogP contribution < -0.4 is 15.8 Å². The standard InChI is InChI=1S/C15H22F3N3O/c1-4-11(9-20-14(19)21-10(2)3)22-13-8-6-5-7-12(13)15(16,17)18/h5-8,10-11H,4,9H2,1-3H3,(H3,19,20,21). The Morgan fingerprint density at radius 3 is 2.50 bits per heavy atom. The monoisotopic (exact) mass is 317 g/mol. The van der Waals surface area contributed by atoms with Crippen LogP contribution in [-0.2, 0) is 6.18 Å². The molecule has 124 valence electrons. The van der Waals surface area contributed by atoms with Crippen molar-refractivity contribution < 1.29 is 17.9 Å². The average molecular weight is 317 g/mol. The van der Waals surface area contributed by atoms with Crippen molar-refractivity contribution in [3.63, 3.8) is 0 Å². The number of nitrogens with two attached hydrogens (primary N) is 1. The van der Waals surface area contributed by atoms with Gasteiger partial charge in [0.2, 0.25) is 0 Å². The van der Waals surface area contributed by atoms with Crippen molar-refractivity contribution in [2.24, 2.45) is 10.7 Å². The van der Waals surface area contributed by atoms with E-state index in [1.165, 1.54) is 18.2 Å². The van der Waals surface area contributed by atoms with Crippen molar-refractivity contribution in [3.8, 4) is 5.75 Å². The molecule has 1 aromatic carbocycles. The fourth-order valence-corrected chi connectivity index (χ4v) is 1.77. The zero-order chi connectivity index (χ0) is 16.8. The Morgan fingerprint density at radius 1 is 1.32 bits per heavy atom. The molecule has 0 amide bonds. The quantitative estimate of drug-likeness (QED) is 0.626. The molecule has 0 heterocycles. The molecule has 0 spiro atoms. The Kier molecular flexibility index (Phi) is 6.52. The number of ether oxygens (including phenoxy) is 1. The summed E-state index contributed by atoms with van der Waals surface area (Å²) >= 11 is 0. The first kappa shape index (κ1) is 18.1. The molecule has 0 fully saturated rings. The maximum Gasteiger partial charge on any atom is 0.419 e. The molecule has 0 bridgehead atoms. The minimum Gasteiger partial charge on any atom is -0.488 e. The third kappa shape index (κ3) is 5.83. The number of nitrogens with one attached hydrogen (secondary N) is 1. The van der Waals surface area contributed by atoms with Crippen LogP contribution in [0.3, 0.4) is 0 Å². The molecule has 3 N–H and O–H groups in total. The summed E-state index contributed by atoms with van der Waals surface area (Å²) in [5.74, 6) is 0.0635. The van der Waals surface area contributed by atoms with E-state index in [1.807, 2.05) is 20.8 Å². The molecule has 22 heavy (non-hydrogen) atoms. The van der Waals surface area contributed by atoms with Gasteiger partial charge < -0.3 is 15.8 Å². The second-order valence-electron chi connectivity index (χ2n) is 5.17. The molecule has 1 atom stereocenters. The van der Waals surface area contributed by atoms with Gasteiger partial charge in [-0.05, 0) is 32.4 Å². The lowest BCUT2D eigenvalue weighted by Gasteiger charge is -2.19. The van der Waals surface area contributed by atoms with Crippen LogP contribution in [0.2, 0.25) is 0 Å². The molecule has 1 rings (SSSR count). The Balaban J connectivity index is 2.79. The van der Waals surface area contributed by atoms with Gasteiger partial charge in [-0.15, -0.1) is 0 Å². The van der Waals surface area contributed by atoms with Crippen molar-refractivity contribution in [2.75, 3.05) is 6.54 Å². The number of hydrogen-bond acceptors (Lipinski definition) is 2. The lowest BCUT2D eigenvalue weighted by molar-refractivity contribution is -0.139. The molecule has 0 aliphatic heterocycles. The number of hydrogen-bond donors (Lipinski definition) is 2. The largest absolute Gasteiger partial charge is 0.488 e. The fourth-order valence-electron chi connectivity index (χ4n) is 1.77. The van der Waals surface area contributed by atoms with E-state index in [0.717, 1.165) is 6.07 Å². The first-order valence-electron chi connectivity index (χ1n) is 7.13. The van der Waals surface area contributed by atoms with Crippen LogP contribution in [0.4, 0.5) is 13.2 Å². The van der Waals surface area contributed by atoms with Crippen LogP contribution >= 0.6 is 0 Å². The highest BCUT2D eigenvalue weighted by Gasteiger charge is 2.34. The summed E-state index contributed by atoms with van der Waals surface area (Å²) < 4.78 is 44.2. The average Bonchev–Trinajstić information content (AvgIpc) is 2.42. The predicted molar refractivity (Wildman–Crippen MR) is 80.9 cm³/mol. The second kappa shape index (κ2) is 7.91. The minimum atomic E-state index is -4.45. The molecule has 7 heteroatoms. The molecule has 1 aromatic rings. The van der Waals surface area contributed by atoms with E-state index in [-0.39, 0.29) is 24.3 Å². The highest BCUT2D eigenvalue weighted by Crippen LogP contribution is 2.36. The topological polar surface area (TPSA) is 59.6 Å². The second-order valence-corrected chi connectivity index (χ2v) is 5.17. The minimum absolute atomic E-state index is 0.135. The molecule has 0 radical (unpaired) electrons.